The fraction of sp³-hybridized carbons (Fsp3) is 0.231. The molecule has 0 saturated heterocycles. The topological polar surface area (TPSA) is 75.4 Å². The zero-order chi connectivity index (χ0) is 13.1. The van der Waals surface area contributed by atoms with Crippen LogP contribution in [-0.4, -0.2) is 16.2 Å². The van der Waals surface area contributed by atoms with Crippen LogP contribution in [0.4, 0.5) is 5.69 Å². The summed E-state index contributed by atoms with van der Waals surface area (Å²) < 4.78 is 4.85. The second-order valence-corrected chi connectivity index (χ2v) is 4.04. The zero-order valence-electron chi connectivity index (χ0n) is 10.2. The SMILES string of the molecule is Cc1cc(C(=O)Nc2c(C)cccc2CO)no1. The average molecular weight is 246 g/mol. The Balaban J connectivity index is 2.26. The molecule has 5 heteroatoms. The van der Waals surface area contributed by atoms with Crippen molar-refractivity contribution in [1.82, 2.24) is 5.16 Å². The molecule has 2 aromatic rings. The van der Waals surface area contributed by atoms with Crippen LogP contribution in [0.1, 0.15) is 27.4 Å². The number of carbonyl (C=O) groups is 1. The van der Waals surface area contributed by atoms with Gasteiger partial charge in [0.15, 0.2) is 5.69 Å². The fourth-order valence-electron chi connectivity index (χ4n) is 1.69. The van der Waals surface area contributed by atoms with Gasteiger partial charge in [-0.05, 0) is 19.4 Å². The molecule has 0 unspecified atom stereocenters. The lowest BCUT2D eigenvalue weighted by atomic mass is 10.1. The molecule has 0 spiro atoms. The maximum absolute atomic E-state index is 11.9. The fourth-order valence-corrected chi connectivity index (χ4v) is 1.69. The summed E-state index contributed by atoms with van der Waals surface area (Å²) in [6.45, 7) is 3.45. The maximum atomic E-state index is 11.9. The number of aryl methyl sites for hydroxylation is 2. The second-order valence-electron chi connectivity index (χ2n) is 4.04. The first kappa shape index (κ1) is 12.3. The number of rotatable bonds is 3. The number of anilines is 1. The number of aliphatic hydroxyl groups is 1. The van der Waals surface area contributed by atoms with Gasteiger partial charge in [0.25, 0.3) is 5.91 Å². The lowest BCUT2D eigenvalue weighted by Crippen LogP contribution is -2.14. The quantitative estimate of drug-likeness (QED) is 0.869. The molecule has 94 valence electrons. The molecule has 0 aliphatic rings. The summed E-state index contributed by atoms with van der Waals surface area (Å²) in [5, 5.41) is 15.6. The van der Waals surface area contributed by atoms with Gasteiger partial charge in [0.05, 0.1) is 6.61 Å². The first-order valence-corrected chi connectivity index (χ1v) is 5.56. The van der Waals surface area contributed by atoms with Crippen molar-refractivity contribution in [3.05, 3.63) is 46.8 Å². The molecule has 0 radical (unpaired) electrons. The third kappa shape index (κ3) is 2.41. The first-order valence-electron chi connectivity index (χ1n) is 5.56. The molecule has 1 aromatic heterocycles. The highest BCUT2D eigenvalue weighted by Crippen LogP contribution is 2.21. The number of benzene rings is 1. The number of nitrogens with zero attached hydrogens (tertiary/aromatic N) is 1. The van der Waals surface area contributed by atoms with Crippen molar-refractivity contribution < 1.29 is 14.4 Å². The molecule has 0 atom stereocenters. The van der Waals surface area contributed by atoms with Crippen LogP contribution < -0.4 is 5.32 Å². The van der Waals surface area contributed by atoms with E-state index in [9.17, 15) is 9.90 Å². The highest BCUT2D eigenvalue weighted by Gasteiger charge is 2.14. The Morgan fingerprint density at radius 1 is 1.44 bits per heavy atom. The van der Waals surface area contributed by atoms with E-state index in [2.05, 4.69) is 10.5 Å². The first-order chi connectivity index (χ1) is 8.61. The summed E-state index contributed by atoms with van der Waals surface area (Å²) in [7, 11) is 0. The van der Waals surface area contributed by atoms with Crippen LogP contribution in [-0.2, 0) is 6.61 Å². The van der Waals surface area contributed by atoms with E-state index < -0.39 is 0 Å². The van der Waals surface area contributed by atoms with Gasteiger partial charge in [-0.3, -0.25) is 4.79 Å². The van der Waals surface area contributed by atoms with Gasteiger partial charge >= 0.3 is 0 Å². The van der Waals surface area contributed by atoms with E-state index in [1.807, 2.05) is 19.1 Å². The lowest BCUT2D eigenvalue weighted by Gasteiger charge is -2.11. The number of aliphatic hydroxyl groups excluding tert-OH is 1. The molecule has 0 aliphatic carbocycles. The standard InChI is InChI=1S/C13H14N2O3/c1-8-4-3-5-10(7-16)12(8)14-13(17)11-6-9(2)18-15-11/h3-6,16H,7H2,1-2H3,(H,14,17). The Kier molecular flexibility index (Phi) is 3.43. The normalized spacial score (nSPS) is 10.4. The van der Waals surface area contributed by atoms with Crippen molar-refractivity contribution >= 4 is 11.6 Å². The van der Waals surface area contributed by atoms with Crippen LogP contribution in [0.15, 0.2) is 28.8 Å². The Morgan fingerprint density at radius 3 is 2.83 bits per heavy atom. The summed E-state index contributed by atoms with van der Waals surface area (Å²) in [5.74, 6) is 0.225. The monoisotopic (exact) mass is 246 g/mol. The maximum Gasteiger partial charge on any atom is 0.277 e. The van der Waals surface area contributed by atoms with Crippen molar-refractivity contribution in [3.63, 3.8) is 0 Å². The number of amides is 1. The largest absolute Gasteiger partial charge is 0.392 e. The molecule has 5 nitrogen and oxygen atoms in total. The van der Waals surface area contributed by atoms with E-state index in [4.69, 9.17) is 4.52 Å². The minimum Gasteiger partial charge on any atom is -0.392 e. The number of hydrogen-bond donors (Lipinski definition) is 2. The molecular weight excluding hydrogens is 232 g/mol. The molecule has 0 aliphatic heterocycles. The molecule has 2 rings (SSSR count). The van der Waals surface area contributed by atoms with Crippen LogP contribution >= 0.6 is 0 Å². The minimum atomic E-state index is -0.351. The number of hydrogen-bond acceptors (Lipinski definition) is 4. The van der Waals surface area contributed by atoms with Crippen LogP contribution in [0.2, 0.25) is 0 Å². The molecule has 18 heavy (non-hydrogen) atoms. The molecule has 1 aromatic carbocycles. The highest BCUT2D eigenvalue weighted by atomic mass is 16.5. The van der Waals surface area contributed by atoms with Crippen LogP contribution in [0.25, 0.3) is 0 Å². The van der Waals surface area contributed by atoms with Gasteiger partial charge in [-0.25, -0.2) is 0 Å². The van der Waals surface area contributed by atoms with Gasteiger partial charge in [-0.15, -0.1) is 0 Å². The lowest BCUT2D eigenvalue weighted by molar-refractivity contribution is 0.101. The van der Waals surface area contributed by atoms with E-state index in [1.54, 1.807) is 19.1 Å². The molecule has 0 saturated carbocycles. The Hall–Kier alpha value is -2.14. The smallest absolute Gasteiger partial charge is 0.277 e. The van der Waals surface area contributed by atoms with E-state index in [1.165, 1.54) is 0 Å². The van der Waals surface area contributed by atoms with Crippen molar-refractivity contribution in [1.29, 1.82) is 0 Å². The van der Waals surface area contributed by atoms with Gasteiger partial charge in [-0.1, -0.05) is 23.4 Å². The predicted molar refractivity (Wildman–Crippen MR) is 66.3 cm³/mol. The van der Waals surface area contributed by atoms with Crippen molar-refractivity contribution in [3.8, 4) is 0 Å². The number of carbonyl (C=O) groups excluding carboxylic acids is 1. The van der Waals surface area contributed by atoms with E-state index in [0.29, 0.717) is 17.0 Å². The number of para-hydroxylation sites is 1. The second kappa shape index (κ2) is 5.01. The summed E-state index contributed by atoms with van der Waals surface area (Å²) in [6.07, 6.45) is 0. The minimum absolute atomic E-state index is 0.130. The summed E-state index contributed by atoms with van der Waals surface area (Å²) in [4.78, 5) is 11.9. The van der Waals surface area contributed by atoms with Gasteiger partial charge < -0.3 is 14.9 Å². The number of aromatic nitrogens is 1. The van der Waals surface area contributed by atoms with E-state index in [0.717, 1.165) is 5.56 Å². The van der Waals surface area contributed by atoms with Crippen molar-refractivity contribution in [2.45, 2.75) is 20.5 Å². The van der Waals surface area contributed by atoms with Gasteiger partial charge in [0.1, 0.15) is 5.76 Å². The van der Waals surface area contributed by atoms with Crippen LogP contribution in [0.3, 0.4) is 0 Å². The summed E-state index contributed by atoms with van der Waals surface area (Å²) in [5.41, 5.74) is 2.39. The predicted octanol–water partition coefficient (Wildman–Crippen LogP) is 2.04. The Labute approximate surface area is 104 Å². The van der Waals surface area contributed by atoms with Crippen molar-refractivity contribution in [2.75, 3.05) is 5.32 Å². The van der Waals surface area contributed by atoms with Gasteiger partial charge in [0, 0.05) is 17.3 Å². The number of nitrogens with one attached hydrogen (secondary N) is 1. The van der Waals surface area contributed by atoms with Gasteiger partial charge in [0.2, 0.25) is 0 Å². The van der Waals surface area contributed by atoms with Gasteiger partial charge in [-0.2, -0.15) is 0 Å². The highest BCUT2D eigenvalue weighted by molar-refractivity contribution is 6.03. The summed E-state index contributed by atoms with van der Waals surface area (Å²) >= 11 is 0. The van der Waals surface area contributed by atoms with Crippen molar-refractivity contribution in [2.24, 2.45) is 0 Å². The third-order valence-electron chi connectivity index (χ3n) is 2.63. The third-order valence-corrected chi connectivity index (χ3v) is 2.63. The molecule has 1 heterocycles. The summed E-state index contributed by atoms with van der Waals surface area (Å²) in [6, 6.07) is 7.02. The van der Waals surface area contributed by atoms with E-state index >= 15 is 0 Å². The molecule has 1 amide bonds. The molecule has 0 fully saturated rings. The molecular formula is C13H14N2O3. The molecule has 0 bridgehead atoms. The Bertz CT molecular complexity index is 575. The molecule has 2 N–H and O–H groups in total. The zero-order valence-corrected chi connectivity index (χ0v) is 10.2. The van der Waals surface area contributed by atoms with Crippen LogP contribution in [0.5, 0.6) is 0 Å². The van der Waals surface area contributed by atoms with E-state index in [-0.39, 0.29) is 18.2 Å². The Morgan fingerprint density at radius 2 is 2.22 bits per heavy atom. The van der Waals surface area contributed by atoms with Crippen LogP contribution in [0, 0.1) is 13.8 Å². The average Bonchev–Trinajstić information content (AvgIpc) is 2.78.